The van der Waals surface area contributed by atoms with Crippen LogP contribution in [0.2, 0.25) is 0 Å². The van der Waals surface area contributed by atoms with Crippen LogP contribution in [0.1, 0.15) is 48.8 Å². The topological polar surface area (TPSA) is 98.0 Å². The first-order chi connectivity index (χ1) is 16.7. The van der Waals surface area contributed by atoms with Crippen molar-refractivity contribution in [1.29, 1.82) is 0 Å². The highest BCUT2D eigenvalue weighted by Crippen LogP contribution is 2.31. The third-order valence-electron chi connectivity index (χ3n) is 7.23. The second-order valence-corrected chi connectivity index (χ2v) is 9.61. The molecule has 1 aromatic carbocycles. The number of rotatable bonds is 6. The maximum absolute atomic E-state index is 13.4. The molecule has 2 amide bonds. The van der Waals surface area contributed by atoms with Crippen LogP contribution in [0.3, 0.4) is 0 Å². The van der Waals surface area contributed by atoms with Crippen molar-refractivity contribution in [2.75, 3.05) is 5.32 Å². The van der Waals surface area contributed by atoms with Gasteiger partial charge in [-0.25, -0.2) is 0 Å². The highest BCUT2D eigenvalue weighted by atomic mass is 16.2. The van der Waals surface area contributed by atoms with Crippen molar-refractivity contribution >= 4 is 17.5 Å². The van der Waals surface area contributed by atoms with Crippen LogP contribution >= 0.6 is 0 Å². The number of nitrogens with one attached hydrogen (secondary N) is 2. The van der Waals surface area contributed by atoms with Gasteiger partial charge in [0.05, 0.1) is 0 Å². The lowest BCUT2D eigenvalue weighted by Gasteiger charge is -2.32. The van der Waals surface area contributed by atoms with E-state index in [-0.39, 0.29) is 23.3 Å². The molecule has 4 rings (SSSR count). The minimum atomic E-state index is -0.629. The van der Waals surface area contributed by atoms with Crippen molar-refractivity contribution in [3.63, 3.8) is 0 Å². The Hall–Kier alpha value is -3.68. The summed E-state index contributed by atoms with van der Waals surface area (Å²) in [7, 11) is 3.46. The van der Waals surface area contributed by atoms with Crippen molar-refractivity contribution in [2.45, 2.75) is 45.6 Å². The smallest absolute Gasteiger partial charge is 0.270 e. The van der Waals surface area contributed by atoms with Gasteiger partial charge in [0.1, 0.15) is 11.7 Å². The quantitative estimate of drug-likeness (QED) is 0.569. The lowest BCUT2D eigenvalue weighted by Crippen LogP contribution is -2.49. The van der Waals surface area contributed by atoms with Crippen molar-refractivity contribution in [1.82, 2.24) is 19.7 Å². The fourth-order valence-electron chi connectivity index (χ4n) is 4.82. The molecule has 35 heavy (non-hydrogen) atoms. The number of hydrogen-bond donors (Lipinski definition) is 2. The van der Waals surface area contributed by atoms with Crippen LogP contribution in [0, 0.1) is 18.8 Å². The standard InChI is InChI=1S/C27H33N5O3/c1-17-5-7-20(8-6-17)25(30-26(34)23-15-16-28-32(23)4)27(35)29-21-11-9-19(10-12-21)22-13-14-24(33)31(3)18(22)2/h9-17,20,25H,5-8H2,1-4H3,(H,29,35)(H,30,34)/t17-,20-,25-/m0/s1. The number of aryl methyl sites for hydroxylation is 1. The second-order valence-electron chi connectivity index (χ2n) is 9.61. The molecular weight excluding hydrogens is 442 g/mol. The van der Waals surface area contributed by atoms with Crippen LogP contribution in [0.15, 0.2) is 53.5 Å². The molecule has 0 spiro atoms. The predicted octanol–water partition coefficient (Wildman–Crippen LogP) is 3.66. The molecule has 0 saturated heterocycles. The number of carbonyl (C=O) groups excluding carboxylic acids is 2. The minimum absolute atomic E-state index is 0.0496. The molecule has 1 aliphatic carbocycles. The highest BCUT2D eigenvalue weighted by Gasteiger charge is 2.33. The van der Waals surface area contributed by atoms with Gasteiger partial charge in [-0.05, 0) is 61.4 Å². The van der Waals surface area contributed by atoms with Crippen LogP contribution in [0.5, 0.6) is 0 Å². The number of aromatic nitrogens is 3. The van der Waals surface area contributed by atoms with Crippen molar-refractivity contribution < 1.29 is 9.59 Å². The monoisotopic (exact) mass is 475 g/mol. The third-order valence-corrected chi connectivity index (χ3v) is 7.23. The lowest BCUT2D eigenvalue weighted by molar-refractivity contribution is -0.119. The van der Waals surface area contributed by atoms with Crippen LogP contribution < -0.4 is 16.2 Å². The fraction of sp³-hybridized carbons (Fsp3) is 0.407. The molecular formula is C27H33N5O3. The number of hydrogen-bond acceptors (Lipinski definition) is 4. The second kappa shape index (κ2) is 10.3. The summed E-state index contributed by atoms with van der Waals surface area (Å²) in [5.41, 5.74) is 3.82. The molecule has 1 atom stereocenters. The van der Waals surface area contributed by atoms with Gasteiger partial charge in [0, 0.05) is 43.3 Å². The van der Waals surface area contributed by atoms with Gasteiger partial charge < -0.3 is 15.2 Å². The summed E-state index contributed by atoms with van der Waals surface area (Å²) >= 11 is 0. The predicted molar refractivity (Wildman–Crippen MR) is 136 cm³/mol. The largest absolute Gasteiger partial charge is 0.339 e. The number of nitrogens with zero attached hydrogens (tertiary/aromatic N) is 3. The average Bonchev–Trinajstić information content (AvgIpc) is 3.28. The van der Waals surface area contributed by atoms with Gasteiger partial charge in [0.25, 0.3) is 5.91 Å². The van der Waals surface area contributed by atoms with E-state index in [0.717, 1.165) is 42.5 Å². The first kappa shape index (κ1) is 24.4. The molecule has 8 nitrogen and oxygen atoms in total. The number of carbonyl (C=O) groups is 2. The zero-order valence-electron chi connectivity index (χ0n) is 20.7. The van der Waals surface area contributed by atoms with E-state index in [0.29, 0.717) is 17.3 Å². The summed E-state index contributed by atoms with van der Waals surface area (Å²) in [5.74, 6) is 0.197. The Labute approximate surface area is 205 Å². The molecule has 8 heteroatoms. The zero-order valence-corrected chi connectivity index (χ0v) is 20.7. The number of amides is 2. The van der Waals surface area contributed by atoms with Crippen molar-refractivity contribution in [3.8, 4) is 11.1 Å². The normalized spacial score (nSPS) is 18.6. The van der Waals surface area contributed by atoms with E-state index in [4.69, 9.17) is 0 Å². The molecule has 2 aromatic heterocycles. The molecule has 1 fully saturated rings. The Morgan fingerprint density at radius 3 is 2.31 bits per heavy atom. The Balaban J connectivity index is 1.52. The Morgan fingerprint density at radius 2 is 1.69 bits per heavy atom. The van der Waals surface area contributed by atoms with Crippen molar-refractivity contribution in [3.05, 3.63) is 70.4 Å². The summed E-state index contributed by atoms with van der Waals surface area (Å²) in [6.45, 7) is 4.14. The molecule has 0 radical (unpaired) electrons. The van der Waals surface area contributed by atoms with Crippen LogP contribution in [0.25, 0.3) is 11.1 Å². The van der Waals surface area contributed by atoms with E-state index in [1.165, 1.54) is 4.68 Å². The molecule has 2 N–H and O–H groups in total. The molecule has 0 unspecified atom stereocenters. The fourth-order valence-corrected chi connectivity index (χ4v) is 4.82. The van der Waals surface area contributed by atoms with Gasteiger partial charge in [-0.3, -0.25) is 19.1 Å². The maximum Gasteiger partial charge on any atom is 0.270 e. The SMILES string of the molecule is Cc1c(-c2ccc(NC(=O)[C@@H](NC(=O)c3ccnn3C)[C@H]3CC[C@H](C)CC3)cc2)ccc(=O)n1C. The van der Waals surface area contributed by atoms with Gasteiger partial charge in [-0.2, -0.15) is 5.10 Å². The number of benzene rings is 1. The first-order valence-electron chi connectivity index (χ1n) is 12.1. The molecule has 184 valence electrons. The van der Waals surface area contributed by atoms with E-state index in [2.05, 4.69) is 22.7 Å². The summed E-state index contributed by atoms with van der Waals surface area (Å²) in [6.07, 6.45) is 5.46. The molecule has 2 heterocycles. The summed E-state index contributed by atoms with van der Waals surface area (Å²) in [5, 5.41) is 10.0. The highest BCUT2D eigenvalue weighted by molar-refractivity contribution is 6.00. The lowest BCUT2D eigenvalue weighted by atomic mass is 9.79. The van der Waals surface area contributed by atoms with E-state index in [1.807, 2.05) is 37.3 Å². The molecule has 1 aliphatic rings. The molecule has 0 aliphatic heterocycles. The van der Waals surface area contributed by atoms with Crippen LogP contribution in [-0.2, 0) is 18.9 Å². The van der Waals surface area contributed by atoms with Gasteiger partial charge in [-0.15, -0.1) is 0 Å². The van der Waals surface area contributed by atoms with Gasteiger partial charge in [0.2, 0.25) is 11.5 Å². The summed E-state index contributed by atoms with van der Waals surface area (Å²) < 4.78 is 3.12. The van der Waals surface area contributed by atoms with E-state index < -0.39 is 6.04 Å². The zero-order chi connectivity index (χ0) is 25.1. The Kier molecular flexibility index (Phi) is 7.19. The van der Waals surface area contributed by atoms with Gasteiger partial charge >= 0.3 is 0 Å². The molecule has 0 bridgehead atoms. The van der Waals surface area contributed by atoms with E-state index >= 15 is 0 Å². The molecule has 1 saturated carbocycles. The first-order valence-corrected chi connectivity index (χ1v) is 12.1. The van der Waals surface area contributed by atoms with Crippen LogP contribution in [-0.4, -0.2) is 32.2 Å². The number of anilines is 1. The van der Waals surface area contributed by atoms with E-state index in [9.17, 15) is 14.4 Å². The van der Waals surface area contributed by atoms with Gasteiger partial charge in [-0.1, -0.05) is 31.9 Å². The Morgan fingerprint density at radius 1 is 1.00 bits per heavy atom. The minimum Gasteiger partial charge on any atom is -0.339 e. The van der Waals surface area contributed by atoms with Crippen molar-refractivity contribution in [2.24, 2.45) is 25.9 Å². The Bertz CT molecular complexity index is 1270. The average molecular weight is 476 g/mol. The molecule has 3 aromatic rings. The summed E-state index contributed by atoms with van der Waals surface area (Å²) in [6, 6.07) is 11.9. The number of pyridine rings is 1. The summed E-state index contributed by atoms with van der Waals surface area (Å²) in [4.78, 5) is 38.2. The third kappa shape index (κ3) is 5.37. The maximum atomic E-state index is 13.4. The van der Waals surface area contributed by atoms with E-state index in [1.54, 1.807) is 37.0 Å². The van der Waals surface area contributed by atoms with Crippen LogP contribution in [0.4, 0.5) is 5.69 Å². The van der Waals surface area contributed by atoms with Gasteiger partial charge in [0.15, 0.2) is 0 Å².